The Hall–Kier alpha value is 0.355. The molecule has 0 aliphatic carbocycles. The summed E-state index contributed by atoms with van der Waals surface area (Å²) in [5.74, 6) is 0. The molecular weight excluding hydrogens is 388 g/mol. The molecule has 1 rings (SSSR count). The summed E-state index contributed by atoms with van der Waals surface area (Å²) < 4.78 is 30.7. The van der Waals surface area contributed by atoms with Crippen LogP contribution in [0.2, 0.25) is 0 Å². The van der Waals surface area contributed by atoms with Crippen molar-refractivity contribution < 1.29 is 51.5 Å². The van der Waals surface area contributed by atoms with Crippen LogP contribution in [0.3, 0.4) is 0 Å². The number of rotatable bonds is 1. The van der Waals surface area contributed by atoms with E-state index >= 15 is 0 Å². The molecule has 1 aromatic rings. The first-order valence-electron chi connectivity index (χ1n) is 2.89. The SMILES string of the molecule is O=S(=O)(O)c1cc[c]([Hg+])cc1.[Cl-]. The molecule has 0 saturated heterocycles. The van der Waals surface area contributed by atoms with Gasteiger partial charge in [-0.25, -0.2) is 0 Å². The van der Waals surface area contributed by atoms with Crippen molar-refractivity contribution >= 4 is 13.2 Å². The van der Waals surface area contributed by atoms with Gasteiger partial charge >= 0.3 is 81.4 Å². The van der Waals surface area contributed by atoms with Crippen LogP contribution in [0.1, 0.15) is 0 Å². The van der Waals surface area contributed by atoms with Gasteiger partial charge in [-0.2, -0.15) is 0 Å². The molecule has 0 saturated carbocycles. The van der Waals surface area contributed by atoms with Gasteiger partial charge in [-0.1, -0.05) is 0 Å². The van der Waals surface area contributed by atoms with E-state index in [0.717, 1.165) is 3.07 Å². The van der Waals surface area contributed by atoms with Gasteiger partial charge in [-0.15, -0.1) is 0 Å². The Morgan fingerprint density at radius 3 is 1.92 bits per heavy atom. The smallest absolute Gasteiger partial charge is 1.00 e. The van der Waals surface area contributed by atoms with E-state index in [2.05, 4.69) is 0 Å². The first-order chi connectivity index (χ1) is 5.00. The minimum atomic E-state index is -4.00. The van der Waals surface area contributed by atoms with E-state index in [9.17, 15) is 8.42 Å². The first kappa shape index (κ1) is 12.4. The maximum atomic E-state index is 10.5. The van der Waals surface area contributed by atoms with Gasteiger partial charge < -0.3 is 12.4 Å². The predicted molar refractivity (Wildman–Crippen MR) is 35.9 cm³/mol. The van der Waals surface area contributed by atoms with Gasteiger partial charge in [-0.3, -0.25) is 0 Å². The molecule has 62 valence electrons. The van der Waals surface area contributed by atoms with E-state index in [-0.39, 0.29) is 17.3 Å². The first-order valence-corrected chi connectivity index (χ1v) is 7.08. The van der Waals surface area contributed by atoms with Crippen LogP contribution in [-0.4, -0.2) is 13.0 Å². The Bertz CT molecular complexity index is 346. The summed E-state index contributed by atoms with van der Waals surface area (Å²) in [4.78, 5) is -0.0355. The molecule has 1 aromatic carbocycles. The average molecular weight is 393 g/mol. The van der Waals surface area contributed by atoms with Gasteiger partial charge in [0, 0.05) is 0 Å². The van der Waals surface area contributed by atoms with Gasteiger partial charge in [0.05, 0.1) is 0 Å². The Morgan fingerprint density at radius 2 is 1.58 bits per heavy atom. The molecule has 0 fully saturated rings. The molecule has 0 unspecified atom stereocenters. The second-order valence-electron chi connectivity index (χ2n) is 2.12. The van der Waals surface area contributed by atoms with Gasteiger partial charge in [0.1, 0.15) is 0 Å². The van der Waals surface area contributed by atoms with E-state index in [4.69, 9.17) is 4.55 Å². The predicted octanol–water partition coefficient (Wildman–Crippen LogP) is -2.89. The second kappa shape index (κ2) is 4.55. The molecule has 1 N–H and O–H groups in total. The molecule has 0 aromatic heterocycles. The van der Waals surface area contributed by atoms with E-state index < -0.39 is 10.1 Å². The number of hydrogen-bond acceptors (Lipinski definition) is 2. The van der Waals surface area contributed by atoms with Crippen LogP contribution in [0.25, 0.3) is 0 Å². The van der Waals surface area contributed by atoms with Gasteiger partial charge in [0.2, 0.25) is 0 Å². The number of benzene rings is 1. The number of hydrogen-bond donors (Lipinski definition) is 1. The summed E-state index contributed by atoms with van der Waals surface area (Å²) in [7, 11) is -4.00. The Morgan fingerprint density at radius 1 is 1.17 bits per heavy atom. The minimum absolute atomic E-state index is 0. The molecule has 0 heterocycles. The van der Waals surface area contributed by atoms with Crippen molar-refractivity contribution in [2.45, 2.75) is 4.90 Å². The van der Waals surface area contributed by atoms with Crippen LogP contribution >= 0.6 is 0 Å². The summed E-state index contributed by atoms with van der Waals surface area (Å²) in [5, 5.41) is 0. The fraction of sp³-hybridized carbons (Fsp3) is 0. The molecule has 0 amide bonds. The molecule has 0 spiro atoms. The zero-order chi connectivity index (χ0) is 8.48. The van der Waals surface area contributed by atoms with E-state index in [1.165, 1.54) is 12.1 Å². The van der Waals surface area contributed by atoms with E-state index in [1.54, 1.807) is 12.1 Å². The maximum absolute atomic E-state index is 10.5. The van der Waals surface area contributed by atoms with Crippen LogP contribution in [0.15, 0.2) is 29.2 Å². The summed E-state index contributed by atoms with van der Waals surface area (Å²) in [6, 6.07) is 6.26. The van der Waals surface area contributed by atoms with Crippen molar-refractivity contribution in [3.05, 3.63) is 24.3 Å². The third kappa shape index (κ3) is 3.39. The fourth-order valence-corrected chi connectivity index (χ4v) is 2.06. The number of halogens is 1. The van der Waals surface area contributed by atoms with Crippen molar-refractivity contribution in [1.82, 2.24) is 0 Å². The van der Waals surface area contributed by atoms with Crippen LogP contribution in [0.5, 0.6) is 0 Å². The van der Waals surface area contributed by atoms with Crippen molar-refractivity contribution in [1.29, 1.82) is 0 Å². The van der Waals surface area contributed by atoms with Crippen molar-refractivity contribution in [3.8, 4) is 0 Å². The molecule has 0 aliphatic rings. The molecule has 0 bridgehead atoms. The van der Waals surface area contributed by atoms with Crippen molar-refractivity contribution in [3.63, 3.8) is 0 Å². The Balaban J connectivity index is 0.00000121. The third-order valence-electron chi connectivity index (χ3n) is 1.22. The quantitative estimate of drug-likeness (QED) is 0.412. The largest absolute Gasteiger partial charge is 1.00 e. The normalized spacial score (nSPS) is 10.6. The van der Waals surface area contributed by atoms with Gasteiger partial charge in [0.25, 0.3) is 0 Å². The zero-order valence-electron chi connectivity index (χ0n) is 6.07. The maximum Gasteiger partial charge on any atom is -1.00 e. The minimum Gasteiger partial charge on any atom is -1.00 e. The molecule has 12 heavy (non-hydrogen) atoms. The summed E-state index contributed by atoms with van der Waals surface area (Å²) in [5.41, 5.74) is 0. The van der Waals surface area contributed by atoms with Crippen molar-refractivity contribution in [2.75, 3.05) is 0 Å². The van der Waals surface area contributed by atoms with E-state index in [1.807, 2.05) is 0 Å². The topological polar surface area (TPSA) is 54.4 Å². The molecule has 0 radical (unpaired) electrons. The summed E-state index contributed by atoms with van der Waals surface area (Å²) in [6.45, 7) is 0. The third-order valence-corrected chi connectivity index (χ3v) is 3.92. The fourth-order valence-electron chi connectivity index (χ4n) is 0.661. The monoisotopic (exact) mass is 394 g/mol. The van der Waals surface area contributed by atoms with Gasteiger partial charge in [0.15, 0.2) is 0 Å². The summed E-state index contributed by atoms with van der Waals surface area (Å²) >= 11 is 0.498. The molecule has 0 aliphatic heterocycles. The van der Waals surface area contributed by atoms with Crippen LogP contribution in [0.4, 0.5) is 0 Å². The average Bonchev–Trinajstić information content (AvgIpc) is 1.86. The second-order valence-corrected chi connectivity index (χ2v) is 6.71. The summed E-state index contributed by atoms with van der Waals surface area (Å²) in [6.07, 6.45) is 0. The Labute approximate surface area is 93.3 Å². The molecular formula is C6H5ClHgO3S. The van der Waals surface area contributed by atoms with Crippen LogP contribution in [-0.2, 0) is 36.2 Å². The van der Waals surface area contributed by atoms with Crippen LogP contribution in [0, 0.1) is 0 Å². The van der Waals surface area contributed by atoms with Gasteiger partial charge in [-0.05, 0) is 0 Å². The van der Waals surface area contributed by atoms with Crippen molar-refractivity contribution in [2.24, 2.45) is 0 Å². The molecule has 0 atom stereocenters. The van der Waals surface area contributed by atoms with Crippen LogP contribution < -0.4 is 15.5 Å². The Kier molecular flexibility index (Phi) is 4.69. The molecule has 3 nitrogen and oxygen atoms in total. The molecule has 6 heteroatoms. The standard InChI is InChI=1S/C6H5O3S.ClH.Hg/c7-10(8,9)6-4-2-1-3-5-6;;/h2-5H,(H,7,8,9);1H;/q;;+1/p-1. The zero-order valence-corrected chi connectivity index (χ0v) is 13.1. The van der Waals surface area contributed by atoms with E-state index in [0.29, 0.717) is 26.1 Å².